The molecule has 11 rings (SSSR count). The van der Waals surface area contributed by atoms with E-state index >= 15 is 0 Å². The minimum absolute atomic E-state index is 0. The molecule has 2 nitrogen and oxygen atoms in total. The molecule has 2 unspecified atom stereocenters. The average molecular weight is 1070 g/mol. The van der Waals surface area contributed by atoms with E-state index in [2.05, 4.69) is 157 Å². The van der Waals surface area contributed by atoms with Crippen LogP contribution in [0.2, 0.25) is 0 Å². The summed E-state index contributed by atoms with van der Waals surface area (Å²) in [5.41, 5.74) is 4.03. The maximum Gasteiger partial charge on any atom is 1.00 e. The molecule has 0 aliphatic carbocycles. The molecule has 66 heavy (non-hydrogen) atoms. The molecule has 0 fully saturated rings. The Morgan fingerprint density at radius 3 is 1.00 bits per heavy atom. The van der Waals surface area contributed by atoms with E-state index in [1.807, 2.05) is 97.3 Å². The smallest absolute Gasteiger partial charge is 0.366 e. The number of pyridine rings is 2. The Morgan fingerprint density at radius 2 is 0.636 bits per heavy atom. The van der Waals surface area contributed by atoms with Gasteiger partial charge in [0.25, 0.3) is 0 Å². The number of rotatable bonds is 6. The fraction of sp³-hybridized carbons (Fsp3) is 0. The summed E-state index contributed by atoms with van der Waals surface area (Å²) < 4.78 is 0. The van der Waals surface area contributed by atoms with Crippen LogP contribution in [0.1, 0.15) is 11.1 Å². The minimum atomic E-state index is -1.28. The number of aromatic nitrogens is 2. The van der Waals surface area contributed by atoms with Crippen LogP contribution in [0.25, 0.3) is 43.1 Å². The predicted octanol–water partition coefficient (Wildman–Crippen LogP) is 11.3. The van der Waals surface area contributed by atoms with E-state index in [1.54, 1.807) is 0 Å². The van der Waals surface area contributed by atoms with Gasteiger partial charge in [-0.15, -0.1) is 23.3 Å². The maximum atomic E-state index is 7.35. The molecule has 0 N–H and O–H groups in total. The first-order valence-corrected chi connectivity index (χ1v) is 24.2. The molecule has 2 aromatic heterocycles. The van der Waals surface area contributed by atoms with E-state index in [0.29, 0.717) is 0 Å². The summed E-state index contributed by atoms with van der Waals surface area (Å²) in [6.45, 7) is 0. The summed E-state index contributed by atoms with van der Waals surface area (Å²) in [4.78, 5) is 9.64. The molecule has 2 heterocycles. The van der Waals surface area contributed by atoms with Gasteiger partial charge in [0, 0.05) is 24.5 Å². The van der Waals surface area contributed by atoms with Gasteiger partial charge in [0.1, 0.15) is 37.1 Å². The van der Waals surface area contributed by atoms with Crippen molar-refractivity contribution in [1.82, 2.24) is 9.97 Å². The van der Waals surface area contributed by atoms with Gasteiger partial charge >= 0.3 is 44.8 Å². The Morgan fingerprint density at radius 1 is 0.318 bits per heavy atom. The van der Waals surface area contributed by atoms with E-state index in [1.165, 1.54) is 42.8 Å². The molecule has 0 aliphatic rings. The third-order valence-corrected chi connectivity index (χ3v) is 16.9. The molecule has 2 atom stereocenters. The topological polar surface area (TPSA) is 25.8 Å². The first kappa shape index (κ1) is 47.7. The van der Waals surface area contributed by atoms with Crippen LogP contribution in [0.15, 0.2) is 243 Å². The van der Waals surface area contributed by atoms with Crippen LogP contribution in [0, 0.1) is 24.7 Å². The van der Waals surface area contributed by atoms with Crippen molar-refractivity contribution in [3.63, 3.8) is 0 Å². The van der Waals surface area contributed by atoms with Gasteiger partial charge in [-0.3, -0.25) is 11.8 Å². The second-order valence-corrected chi connectivity index (χ2v) is 19.8. The predicted molar refractivity (Wildman–Crippen MR) is 278 cm³/mol. The van der Waals surface area contributed by atoms with E-state index in [4.69, 9.17) is 22.8 Å². The van der Waals surface area contributed by atoms with Crippen molar-refractivity contribution in [2.45, 2.75) is 0 Å². The molecule has 0 radical (unpaired) electrons. The number of hydrogen-bond donors (Lipinski definition) is 0. The van der Waals surface area contributed by atoms with Crippen LogP contribution < -0.4 is 32.1 Å². The summed E-state index contributed by atoms with van der Waals surface area (Å²) in [5, 5.41) is 14.8. The Labute approximate surface area is 421 Å². The largest absolute Gasteiger partial charge is 1.00 e. The third kappa shape index (κ3) is 10.6. The van der Waals surface area contributed by atoms with E-state index in [9.17, 15) is 0 Å². The van der Waals surface area contributed by atoms with Gasteiger partial charge in [-0.1, -0.05) is 168 Å². The summed E-state index contributed by atoms with van der Waals surface area (Å²) in [5.74, 6) is 5.02. The summed E-state index contributed by atoms with van der Waals surface area (Å²) in [6.07, 6.45) is 18.5. The van der Waals surface area contributed by atoms with Gasteiger partial charge in [-0.25, -0.2) is 9.97 Å². The molecule has 0 bridgehead atoms. The summed E-state index contributed by atoms with van der Waals surface area (Å²) >= 11 is 0. The minimum Gasteiger partial charge on any atom is -0.366 e. The Hall–Kier alpha value is -6.22. The Bertz CT molecular complexity index is 3120. The number of fused-ring (bicyclic) bond motifs is 6. The second kappa shape index (κ2) is 23.3. The van der Waals surface area contributed by atoms with Crippen LogP contribution in [0.4, 0.5) is 0 Å². The van der Waals surface area contributed by atoms with Crippen LogP contribution in [-0.2, 0) is 44.8 Å². The van der Waals surface area contributed by atoms with Gasteiger partial charge in [0.15, 0.2) is 10.9 Å². The van der Waals surface area contributed by atoms with Gasteiger partial charge < -0.3 is 12.8 Å². The fourth-order valence-electron chi connectivity index (χ4n) is 8.35. The zero-order valence-corrected chi connectivity index (χ0v) is 40.6. The average Bonchev–Trinajstić information content (AvgIpc) is 3.38. The normalized spacial score (nSPS) is 11.2. The zero-order chi connectivity index (χ0) is 43.5. The molecule has 322 valence electrons. The van der Waals surface area contributed by atoms with Crippen LogP contribution in [-0.4, -0.2) is 9.97 Å². The van der Waals surface area contributed by atoms with Crippen molar-refractivity contribution in [3.8, 4) is 11.8 Å². The molecule has 9 aromatic carbocycles. The van der Waals surface area contributed by atoms with Gasteiger partial charge in [0.2, 0.25) is 0 Å². The van der Waals surface area contributed by atoms with E-state index in [-0.39, 0.29) is 44.8 Å². The fourth-order valence-corrected chi connectivity index (χ4v) is 14.1. The van der Waals surface area contributed by atoms with Gasteiger partial charge in [-0.2, -0.15) is 0 Å². The van der Waals surface area contributed by atoms with Crippen molar-refractivity contribution < 1.29 is 44.8 Å². The quantitative estimate of drug-likeness (QED) is 0.0545. The summed E-state index contributed by atoms with van der Waals surface area (Å²) in [7, 11) is -2.56. The molecular formula is C60H42Ag2N2P2+2. The van der Waals surface area contributed by atoms with Crippen molar-refractivity contribution in [3.05, 3.63) is 267 Å². The second-order valence-electron chi connectivity index (χ2n) is 15.1. The Balaban J connectivity index is 0.000000160. The SMILES string of the molecule is [Ag+].[Ag+].[C-]#Cc1cc2ccccc2c2ccccc12.[C-]#Cc1cc2ccccc2c2ccccc12.c1ccc([PH+](c2ccccn2)c2ccccc2[PH+](c2ccccc2)c2ccccn2)cc1. The van der Waals surface area contributed by atoms with Crippen molar-refractivity contribution >= 4 is 91.0 Å². The standard InChI is InChI=1S/C28H22N2P2.2C16H9.2Ag/c1-3-13-23(14-4-1)31(27-19-9-11-21-29-27)25-17-7-8-18-26(25)32(24-15-5-2-6-16-24)28-20-10-12-22-30-28;2*1-2-12-11-13-7-3-4-9-15(13)16-10-6-5-8-14(12)16;;/h1-22H;2*3-11H;;/q;2*-1;2*+1/p+2. The Kier molecular flexibility index (Phi) is 16.8. The molecule has 0 saturated heterocycles. The molecule has 11 aromatic rings. The van der Waals surface area contributed by atoms with Crippen molar-refractivity contribution in [2.75, 3.05) is 0 Å². The van der Waals surface area contributed by atoms with Crippen molar-refractivity contribution in [1.29, 1.82) is 0 Å². The number of nitrogens with zero attached hydrogens (tertiary/aromatic N) is 2. The van der Waals surface area contributed by atoms with E-state index < -0.39 is 15.8 Å². The molecule has 0 spiro atoms. The maximum absolute atomic E-state index is 7.35. The molecule has 6 heteroatoms. The zero-order valence-electron chi connectivity index (χ0n) is 35.6. The van der Waals surface area contributed by atoms with Gasteiger partial charge in [0.05, 0.1) is 0 Å². The number of benzene rings is 9. The molecule has 0 aliphatic heterocycles. The van der Waals surface area contributed by atoms with E-state index in [0.717, 1.165) is 43.5 Å². The first-order chi connectivity index (χ1) is 31.7. The third-order valence-electron chi connectivity index (χ3n) is 11.2. The monoisotopic (exact) mass is 1070 g/mol. The molecule has 0 saturated carbocycles. The van der Waals surface area contributed by atoms with Crippen LogP contribution in [0.5, 0.6) is 0 Å². The first-order valence-electron chi connectivity index (χ1n) is 21.2. The van der Waals surface area contributed by atoms with Crippen LogP contribution in [0.3, 0.4) is 0 Å². The van der Waals surface area contributed by atoms with Gasteiger partial charge in [-0.05, 0) is 80.8 Å². The molecular weight excluding hydrogens is 1030 g/mol. The van der Waals surface area contributed by atoms with Crippen LogP contribution >= 0.6 is 15.8 Å². The van der Waals surface area contributed by atoms with Crippen molar-refractivity contribution in [2.24, 2.45) is 0 Å². The summed E-state index contributed by atoms with van der Waals surface area (Å²) in [6, 6.07) is 80.0. The molecule has 0 amide bonds. The number of hydrogen-bond acceptors (Lipinski definition) is 2.